The summed E-state index contributed by atoms with van der Waals surface area (Å²) in [5.74, 6) is 0. The second-order valence-electron chi connectivity index (χ2n) is 5.15. The molecule has 0 amide bonds. The van der Waals surface area contributed by atoms with Crippen LogP contribution in [0.15, 0.2) is 24.3 Å². The number of hydrogen-bond donors (Lipinski definition) is 0. The number of para-hydroxylation sites is 1. The van der Waals surface area contributed by atoms with E-state index in [-0.39, 0.29) is 0 Å². The molecule has 1 aliphatic rings. The number of unbranched alkanes of at least 4 members (excludes halogenated alkanes) is 2. The Balaban J connectivity index is 2.03. The highest BCUT2D eigenvalue weighted by Gasteiger charge is 2.19. The molecule has 1 aromatic carbocycles. The summed E-state index contributed by atoms with van der Waals surface area (Å²) >= 11 is 0. The lowest BCUT2D eigenvalue weighted by molar-refractivity contribution is 0.715. The molecule has 0 unspecified atom stereocenters. The SMILES string of the molecule is CCCCCc1c2n(c3ccccc13)CCC2. The maximum absolute atomic E-state index is 2.55. The van der Waals surface area contributed by atoms with Crippen LogP contribution in [-0.4, -0.2) is 4.57 Å². The number of aryl methyl sites for hydroxylation is 2. The standard InChI is InChI=1S/C16H21N/c1-2-3-4-8-13-14-9-5-6-10-15(14)17-12-7-11-16(13)17/h5-6,9-10H,2-4,7-8,11-12H2,1H3. The van der Waals surface area contributed by atoms with Gasteiger partial charge in [-0.2, -0.15) is 0 Å². The molecule has 17 heavy (non-hydrogen) atoms. The minimum absolute atomic E-state index is 1.23. The van der Waals surface area contributed by atoms with Gasteiger partial charge >= 0.3 is 0 Å². The Hall–Kier alpha value is -1.24. The summed E-state index contributed by atoms with van der Waals surface area (Å²) in [7, 11) is 0. The Morgan fingerprint density at radius 3 is 2.94 bits per heavy atom. The van der Waals surface area contributed by atoms with Gasteiger partial charge in [0.2, 0.25) is 0 Å². The maximum atomic E-state index is 2.55. The predicted octanol–water partition coefficient (Wildman–Crippen LogP) is 4.32. The van der Waals surface area contributed by atoms with Crippen LogP contribution in [0.3, 0.4) is 0 Å². The average Bonchev–Trinajstić information content (AvgIpc) is 2.92. The topological polar surface area (TPSA) is 4.93 Å². The molecule has 0 radical (unpaired) electrons. The van der Waals surface area contributed by atoms with Gasteiger partial charge in [-0.3, -0.25) is 0 Å². The Morgan fingerprint density at radius 1 is 1.18 bits per heavy atom. The van der Waals surface area contributed by atoms with Crippen LogP contribution in [0.2, 0.25) is 0 Å². The van der Waals surface area contributed by atoms with Crippen molar-refractivity contribution in [2.24, 2.45) is 0 Å². The van der Waals surface area contributed by atoms with Crippen LogP contribution in [-0.2, 0) is 19.4 Å². The molecule has 0 N–H and O–H groups in total. The first-order chi connectivity index (χ1) is 8.42. The normalized spacial score (nSPS) is 14.4. The van der Waals surface area contributed by atoms with Gasteiger partial charge in [0.15, 0.2) is 0 Å². The Labute approximate surface area is 103 Å². The Kier molecular flexibility index (Phi) is 2.92. The number of aromatic nitrogens is 1. The quantitative estimate of drug-likeness (QED) is 0.685. The van der Waals surface area contributed by atoms with Gasteiger partial charge in [0.05, 0.1) is 0 Å². The van der Waals surface area contributed by atoms with Gasteiger partial charge in [-0.25, -0.2) is 0 Å². The number of hydrogen-bond acceptors (Lipinski definition) is 0. The fourth-order valence-electron chi connectivity index (χ4n) is 3.20. The fraction of sp³-hybridized carbons (Fsp3) is 0.500. The van der Waals surface area contributed by atoms with E-state index in [9.17, 15) is 0 Å². The summed E-state index contributed by atoms with van der Waals surface area (Å²) in [5, 5.41) is 1.51. The number of rotatable bonds is 4. The van der Waals surface area contributed by atoms with Crippen molar-refractivity contribution in [2.75, 3.05) is 0 Å². The van der Waals surface area contributed by atoms with Crippen molar-refractivity contribution in [1.29, 1.82) is 0 Å². The monoisotopic (exact) mass is 227 g/mol. The minimum atomic E-state index is 1.23. The molecule has 90 valence electrons. The highest BCUT2D eigenvalue weighted by atomic mass is 15.0. The second-order valence-corrected chi connectivity index (χ2v) is 5.15. The lowest BCUT2D eigenvalue weighted by Gasteiger charge is -2.02. The van der Waals surface area contributed by atoms with Crippen LogP contribution < -0.4 is 0 Å². The largest absolute Gasteiger partial charge is 0.344 e. The van der Waals surface area contributed by atoms with E-state index in [0.29, 0.717) is 0 Å². The number of fused-ring (bicyclic) bond motifs is 3. The third kappa shape index (κ3) is 1.78. The Morgan fingerprint density at radius 2 is 2.06 bits per heavy atom. The number of nitrogens with zero attached hydrogens (tertiary/aromatic N) is 1. The molecule has 0 saturated carbocycles. The van der Waals surface area contributed by atoms with Gasteiger partial charge in [-0.15, -0.1) is 0 Å². The van der Waals surface area contributed by atoms with E-state index in [0.717, 1.165) is 0 Å². The van der Waals surface area contributed by atoms with Crippen LogP contribution in [0.5, 0.6) is 0 Å². The average molecular weight is 227 g/mol. The van der Waals surface area contributed by atoms with Crippen LogP contribution in [0.1, 0.15) is 43.9 Å². The highest BCUT2D eigenvalue weighted by Crippen LogP contribution is 2.32. The first kappa shape index (κ1) is 10.9. The summed E-state index contributed by atoms with van der Waals surface area (Å²) in [6.07, 6.45) is 7.91. The smallest absolute Gasteiger partial charge is 0.0485 e. The molecule has 1 heteroatoms. The lowest BCUT2D eigenvalue weighted by Crippen LogP contribution is -1.93. The van der Waals surface area contributed by atoms with E-state index in [4.69, 9.17) is 0 Å². The van der Waals surface area contributed by atoms with Gasteiger partial charge in [0.1, 0.15) is 0 Å². The van der Waals surface area contributed by atoms with Crippen molar-refractivity contribution >= 4 is 10.9 Å². The van der Waals surface area contributed by atoms with Crippen LogP contribution in [0.4, 0.5) is 0 Å². The van der Waals surface area contributed by atoms with Crippen molar-refractivity contribution in [1.82, 2.24) is 4.57 Å². The molecule has 1 nitrogen and oxygen atoms in total. The zero-order valence-corrected chi connectivity index (χ0v) is 10.7. The van der Waals surface area contributed by atoms with E-state index in [1.54, 1.807) is 11.3 Å². The van der Waals surface area contributed by atoms with Gasteiger partial charge in [0.25, 0.3) is 0 Å². The van der Waals surface area contributed by atoms with E-state index in [1.165, 1.54) is 56.0 Å². The van der Waals surface area contributed by atoms with Crippen LogP contribution in [0, 0.1) is 0 Å². The van der Waals surface area contributed by atoms with Gasteiger partial charge in [-0.1, -0.05) is 38.0 Å². The van der Waals surface area contributed by atoms with Gasteiger partial charge in [0, 0.05) is 23.1 Å². The van der Waals surface area contributed by atoms with Crippen LogP contribution in [0.25, 0.3) is 10.9 Å². The van der Waals surface area contributed by atoms with Gasteiger partial charge < -0.3 is 4.57 Å². The lowest BCUT2D eigenvalue weighted by atomic mass is 10.0. The Bertz CT molecular complexity index is 522. The molecule has 0 fully saturated rings. The molecule has 0 atom stereocenters. The molecule has 1 aliphatic heterocycles. The molecule has 2 aromatic rings. The van der Waals surface area contributed by atoms with Crippen molar-refractivity contribution in [3.63, 3.8) is 0 Å². The molecule has 2 heterocycles. The summed E-state index contributed by atoms with van der Waals surface area (Å²) in [6, 6.07) is 8.94. The van der Waals surface area contributed by atoms with E-state index >= 15 is 0 Å². The first-order valence-corrected chi connectivity index (χ1v) is 7.01. The van der Waals surface area contributed by atoms with Crippen molar-refractivity contribution < 1.29 is 0 Å². The predicted molar refractivity (Wildman–Crippen MR) is 73.5 cm³/mol. The van der Waals surface area contributed by atoms with Crippen molar-refractivity contribution in [3.05, 3.63) is 35.5 Å². The molecule has 0 spiro atoms. The molecular weight excluding hydrogens is 206 g/mol. The second kappa shape index (κ2) is 4.56. The van der Waals surface area contributed by atoms with Crippen molar-refractivity contribution in [3.8, 4) is 0 Å². The summed E-state index contributed by atoms with van der Waals surface area (Å²) in [5.41, 5.74) is 4.74. The third-order valence-corrected chi connectivity index (χ3v) is 4.02. The van der Waals surface area contributed by atoms with Gasteiger partial charge in [-0.05, 0) is 37.3 Å². The van der Waals surface area contributed by atoms with Crippen molar-refractivity contribution in [2.45, 2.75) is 52.0 Å². The molecule has 1 aromatic heterocycles. The molecule has 0 bridgehead atoms. The summed E-state index contributed by atoms with van der Waals surface area (Å²) < 4.78 is 2.55. The molecule has 3 rings (SSSR count). The molecular formula is C16H21N. The first-order valence-electron chi connectivity index (χ1n) is 7.01. The van der Waals surface area contributed by atoms with E-state index < -0.39 is 0 Å². The zero-order chi connectivity index (χ0) is 11.7. The van der Waals surface area contributed by atoms with E-state index in [2.05, 4.69) is 35.8 Å². The molecule has 0 saturated heterocycles. The highest BCUT2D eigenvalue weighted by molar-refractivity contribution is 5.85. The number of benzene rings is 1. The summed E-state index contributed by atoms with van der Waals surface area (Å²) in [4.78, 5) is 0. The fourth-order valence-corrected chi connectivity index (χ4v) is 3.20. The van der Waals surface area contributed by atoms with E-state index in [1.807, 2.05) is 0 Å². The maximum Gasteiger partial charge on any atom is 0.0485 e. The molecule has 0 aliphatic carbocycles. The van der Waals surface area contributed by atoms with Crippen LogP contribution >= 0.6 is 0 Å². The zero-order valence-electron chi connectivity index (χ0n) is 10.7. The third-order valence-electron chi connectivity index (χ3n) is 4.02. The summed E-state index contributed by atoms with van der Waals surface area (Å²) in [6.45, 7) is 3.51. The minimum Gasteiger partial charge on any atom is -0.344 e.